The van der Waals surface area contributed by atoms with E-state index in [1.165, 1.54) is 6.33 Å². The van der Waals surface area contributed by atoms with Crippen molar-refractivity contribution >= 4 is 22.8 Å². The van der Waals surface area contributed by atoms with E-state index in [9.17, 15) is 14.3 Å². The van der Waals surface area contributed by atoms with Gasteiger partial charge in [-0.1, -0.05) is 0 Å². The number of hydrogen-bond acceptors (Lipinski definition) is 6. The highest BCUT2D eigenvalue weighted by atomic mass is 19.1. The van der Waals surface area contributed by atoms with Gasteiger partial charge >= 0.3 is 5.97 Å². The van der Waals surface area contributed by atoms with Crippen molar-refractivity contribution in [3.63, 3.8) is 0 Å². The fraction of sp³-hybridized carbons (Fsp3) is 0.421. The van der Waals surface area contributed by atoms with E-state index in [1.807, 2.05) is 0 Å². The molecular weight excluding hydrogens is 363 g/mol. The number of aromatic nitrogens is 5. The molecule has 3 aromatic heterocycles. The number of carboxylic acid groups (broad SMARTS) is 1. The quantitative estimate of drug-likeness (QED) is 0.635. The maximum absolute atomic E-state index is 14.5. The molecule has 0 saturated heterocycles. The second-order valence-electron chi connectivity index (χ2n) is 7.59. The average Bonchev–Trinajstić information content (AvgIpc) is 3.14. The molecular formula is C19H19FN6O2. The summed E-state index contributed by atoms with van der Waals surface area (Å²) in [5, 5.41) is 13.6. The third-order valence-corrected chi connectivity index (χ3v) is 6.15. The maximum atomic E-state index is 14.5. The first-order chi connectivity index (χ1) is 13.6. The number of aliphatic carboxylic acids is 1. The van der Waals surface area contributed by atoms with Crippen LogP contribution in [0.1, 0.15) is 25.7 Å². The van der Waals surface area contributed by atoms with Gasteiger partial charge in [0.1, 0.15) is 12.0 Å². The van der Waals surface area contributed by atoms with Crippen LogP contribution in [0.2, 0.25) is 0 Å². The lowest BCUT2D eigenvalue weighted by molar-refractivity contribution is -0.148. The molecule has 28 heavy (non-hydrogen) atoms. The van der Waals surface area contributed by atoms with E-state index in [4.69, 9.17) is 0 Å². The fourth-order valence-corrected chi connectivity index (χ4v) is 4.81. The summed E-state index contributed by atoms with van der Waals surface area (Å²) < 4.78 is 14.5. The van der Waals surface area contributed by atoms with Crippen molar-refractivity contribution in [1.82, 2.24) is 24.9 Å². The van der Waals surface area contributed by atoms with Crippen molar-refractivity contribution in [2.24, 2.45) is 17.8 Å². The van der Waals surface area contributed by atoms with Gasteiger partial charge in [-0.05, 0) is 37.5 Å². The number of rotatable bonds is 4. The van der Waals surface area contributed by atoms with E-state index >= 15 is 0 Å². The number of nitrogens with one attached hydrogen (secondary N) is 2. The number of halogens is 1. The van der Waals surface area contributed by atoms with Crippen LogP contribution in [0.3, 0.4) is 0 Å². The molecule has 2 bridgehead atoms. The summed E-state index contributed by atoms with van der Waals surface area (Å²) in [4.78, 5) is 31.5. The van der Waals surface area contributed by atoms with Crippen molar-refractivity contribution in [3.05, 3.63) is 30.7 Å². The molecule has 0 aromatic carbocycles. The van der Waals surface area contributed by atoms with Crippen molar-refractivity contribution in [3.8, 4) is 11.4 Å². The zero-order valence-electron chi connectivity index (χ0n) is 15.0. The Balaban J connectivity index is 1.50. The van der Waals surface area contributed by atoms with Gasteiger partial charge in [0.2, 0.25) is 0 Å². The Hall–Kier alpha value is -3.10. The molecule has 0 aliphatic heterocycles. The number of aromatic amines is 1. The van der Waals surface area contributed by atoms with Gasteiger partial charge in [-0.2, -0.15) is 0 Å². The van der Waals surface area contributed by atoms with Crippen LogP contribution in [0.5, 0.6) is 0 Å². The topological polar surface area (TPSA) is 117 Å². The molecule has 0 spiro atoms. The SMILES string of the molecule is O=C(O)C1C2CCC(CC2)C1Nc1nc(-c2c[nH]c3ncncc23)ncc1F. The summed E-state index contributed by atoms with van der Waals surface area (Å²) in [7, 11) is 0. The second-order valence-corrected chi connectivity index (χ2v) is 7.59. The highest BCUT2D eigenvalue weighted by Gasteiger charge is 2.47. The molecule has 144 valence electrons. The van der Waals surface area contributed by atoms with Gasteiger partial charge in [-0.15, -0.1) is 0 Å². The van der Waals surface area contributed by atoms with Gasteiger partial charge in [-0.3, -0.25) is 4.79 Å². The van der Waals surface area contributed by atoms with Crippen LogP contribution in [-0.2, 0) is 4.79 Å². The zero-order valence-corrected chi connectivity index (χ0v) is 15.0. The minimum Gasteiger partial charge on any atom is -0.481 e. The van der Waals surface area contributed by atoms with E-state index in [2.05, 4.69) is 30.2 Å². The third-order valence-electron chi connectivity index (χ3n) is 6.15. The van der Waals surface area contributed by atoms with Crippen molar-refractivity contribution in [1.29, 1.82) is 0 Å². The number of carbonyl (C=O) groups is 1. The Kier molecular flexibility index (Phi) is 3.96. The molecule has 0 radical (unpaired) electrons. The van der Waals surface area contributed by atoms with E-state index in [-0.39, 0.29) is 23.7 Å². The van der Waals surface area contributed by atoms with Gasteiger partial charge in [0.05, 0.1) is 12.1 Å². The molecule has 3 aliphatic carbocycles. The summed E-state index contributed by atoms with van der Waals surface area (Å²) in [6.07, 6.45) is 9.68. The summed E-state index contributed by atoms with van der Waals surface area (Å²) in [5.74, 6) is -1.22. The third kappa shape index (κ3) is 2.69. The first-order valence-electron chi connectivity index (χ1n) is 9.41. The molecule has 0 amide bonds. The lowest BCUT2D eigenvalue weighted by atomic mass is 9.61. The number of hydrogen-bond donors (Lipinski definition) is 3. The first-order valence-corrected chi connectivity index (χ1v) is 9.41. The van der Waals surface area contributed by atoms with E-state index in [0.29, 0.717) is 17.0 Å². The second kappa shape index (κ2) is 6.50. The number of fused-ring (bicyclic) bond motifs is 4. The monoisotopic (exact) mass is 382 g/mol. The Labute approximate surface area is 159 Å². The minimum atomic E-state index is -0.824. The van der Waals surface area contributed by atoms with Crippen LogP contribution < -0.4 is 5.32 Å². The fourth-order valence-electron chi connectivity index (χ4n) is 4.81. The molecule has 2 unspecified atom stereocenters. The molecule has 6 rings (SSSR count). The van der Waals surface area contributed by atoms with Crippen molar-refractivity contribution < 1.29 is 14.3 Å². The molecule has 3 N–H and O–H groups in total. The van der Waals surface area contributed by atoms with E-state index < -0.39 is 17.7 Å². The van der Waals surface area contributed by atoms with Crippen molar-refractivity contribution in [2.45, 2.75) is 31.7 Å². The first kappa shape index (κ1) is 17.0. The van der Waals surface area contributed by atoms with Gasteiger partial charge in [0.15, 0.2) is 17.5 Å². The molecule has 3 aliphatic rings. The molecule has 2 atom stereocenters. The number of H-pyrrole nitrogens is 1. The molecule has 8 nitrogen and oxygen atoms in total. The minimum absolute atomic E-state index is 0.0417. The predicted octanol–water partition coefficient (Wildman–Crippen LogP) is 2.86. The van der Waals surface area contributed by atoms with Crippen molar-refractivity contribution in [2.75, 3.05) is 5.32 Å². The predicted molar refractivity (Wildman–Crippen MR) is 98.9 cm³/mol. The molecule has 3 saturated carbocycles. The van der Waals surface area contributed by atoms with Gasteiger partial charge in [-0.25, -0.2) is 24.3 Å². The van der Waals surface area contributed by atoms with Gasteiger partial charge < -0.3 is 15.4 Å². The van der Waals surface area contributed by atoms with E-state index in [1.54, 1.807) is 12.4 Å². The Morgan fingerprint density at radius 1 is 1.18 bits per heavy atom. The summed E-state index contributed by atoms with van der Waals surface area (Å²) in [6.45, 7) is 0. The van der Waals surface area contributed by atoms with Crippen LogP contribution in [0.4, 0.5) is 10.2 Å². The highest BCUT2D eigenvalue weighted by molar-refractivity contribution is 5.90. The van der Waals surface area contributed by atoms with Gasteiger partial charge in [0.25, 0.3) is 0 Å². The Morgan fingerprint density at radius 3 is 2.75 bits per heavy atom. The van der Waals surface area contributed by atoms with E-state index in [0.717, 1.165) is 37.3 Å². The maximum Gasteiger partial charge on any atom is 0.308 e. The lowest BCUT2D eigenvalue weighted by Crippen LogP contribution is -2.51. The summed E-state index contributed by atoms with van der Waals surface area (Å²) >= 11 is 0. The Bertz CT molecular complexity index is 1050. The summed E-state index contributed by atoms with van der Waals surface area (Å²) in [5.41, 5.74) is 1.31. The summed E-state index contributed by atoms with van der Waals surface area (Å²) in [6, 6.07) is -0.325. The number of carboxylic acids is 1. The van der Waals surface area contributed by atoms with Crippen LogP contribution in [0.15, 0.2) is 24.9 Å². The normalized spacial score (nSPS) is 26.5. The average molecular weight is 382 g/mol. The highest BCUT2D eigenvalue weighted by Crippen LogP contribution is 2.46. The molecule has 3 fully saturated rings. The zero-order chi connectivity index (χ0) is 19.3. The Morgan fingerprint density at radius 2 is 1.96 bits per heavy atom. The smallest absolute Gasteiger partial charge is 0.308 e. The standard InChI is InChI=1S/C19H19FN6O2/c20-13-7-23-17(12-6-22-16-11(12)5-21-8-24-16)26-18(13)25-15-10-3-1-9(2-4-10)14(15)19(27)28/h5-10,14-15H,1-4H2,(H,27,28)(H,21,22,24)(H,23,25,26). The van der Waals surface area contributed by atoms with Crippen LogP contribution in [0.25, 0.3) is 22.4 Å². The number of nitrogens with zero attached hydrogens (tertiary/aromatic N) is 4. The largest absolute Gasteiger partial charge is 0.481 e. The lowest BCUT2D eigenvalue weighted by Gasteiger charge is -2.47. The molecule has 9 heteroatoms. The number of anilines is 1. The van der Waals surface area contributed by atoms with Crippen LogP contribution >= 0.6 is 0 Å². The van der Waals surface area contributed by atoms with Crippen LogP contribution in [0, 0.1) is 23.6 Å². The van der Waals surface area contributed by atoms with Crippen LogP contribution in [-0.4, -0.2) is 42.0 Å². The molecule has 3 heterocycles. The van der Waals surface area contributed by atoms with Gasteiger partial charge in [0, 0.05) is 29.4 Å². The molecule has 3 aromatic rings.